The number of likely N-dealkylation sites (tertiary alicyclic amines) is 2. The largest absolute Gasteiger partial charge is 2.00 e. The summed E-state index contributed by atoms with van der Waals surface area (Å²) in [4.78, 5) is 52.9. The molecule has 58 heavy (non-hydrogen) atoms. The van der Waals surface area contributed by atoms with Crippen LogP contribution in [0.5, 0.6) is 0 Å². The van der Waals surface area contributed by atoms with Crippen LogP contribution in [0.3, 0.4) is 0 Å². The molecular formula is C46H61FN6O4U. The van der Waals surface area contributed by atoms with Crippen molar-refractivity contribution in [2.45, 2.75) is 84.7 Å². The van der Waals surface area contributed by atoms with Gasteiger partial charge in [-0.1, -0.05) is 19.4 Å². The number of carbonyl (C=O) groups excluding carboxylic acids is 3. The van der Waals surface area contributed by atoms with Gasteiger partial charge in [-0.15, -0.1) is 35.2 Å². The van der Waals surface area contributed by atoms with Gasteiger partial charge >= 0.3 is 37.1 Å². The maximum atomic E-state index is 14.1. The van der Waals surface area contributed by atoms with Crippen molar-refractivity contribution in [3.63, 3.8) is 0 Å². The molecule has 2 fully saturated rings. The number of H-pyrrole nitrogens is 1. The minimum Gasteiger partial charge on any atom is -0.445 e. The molecule has 3 aromatic rings. The number of allylic oxidation sites excluding steroid dienone is 1. The van der Waals surface area contributed by atoms with E-state index in [2.05, 4.69) is 77.9 Å². The van der Waals surface area contributed by atoms with Gasteiger partial charge in [-0.3, -0.25) is 19.5 Å². The van der Waals surface area contributed by atoms with Crippen molar-refractivity contribution in [2.24, 2.45) is 15.9 Å². The number of amides is 1. The number of halogens is 1. The van der Waals surface area contributed by atoms with Crippen LogP contribution < -0.4 is 0 Å². The topological polar surface area (TPSA) is 111 Å². The summed E-state index contributed by atoms with van der Waals surface area (Å²) >= 11 is 0. The van der Waals surface area contributed by atoms with E-state index in [9.17, 15) is 18.8 Å². The normalized spacial score (nSPS) is 17.8. The molecular weight excluding hydrogens is 958 g/mol. The van der Waals surface area contributed by atoms with Crippen LogP contribution in [0.15, 0.2) is 63.8 Å². The zero-order valence-electron chi connectivity index (χ0n) is 35.7. The van der Waals surface area contributed by atoms with Crippen LogP contribution >= 0.6 is 0 Å². The number of likely N-dealkylation sites (N-methyl/N-ethyl adjacent to an activating group) is 1. The monoisotopic (exact) mass is 1020 g/mol. The van der Waals surface area contributed by atoms with Crippen LogP contribution in [-0.4, -0.2) is 110 Å². The molecule has 310 valence electrons. The van der Waals surface area contributed by atoms with Crippen LogP contribution in [-0.2, 0) is 25.5 Å². The van der Waals surface area contributed by atoms with Crippen molar-refractivity contribution in [3.05, 3.63) is 89.9 Å². The average molecular weight is 1020 g/mol. The third kappa shape index (κ3) is 14.4. The van der Waals surface area contributed by atoms with Crippen molar-refractivity contribution in [3.8, 4) is 11.8 Å². The summed E-state index contributed by atoms with van der Waals surface area (Å²) in [6.07, 6.45) is 8.43. The molecule has 2 aliphatic rings. The second-order valence-electron chi connectivity index (χ2n) is 14.9. The number of aromatic nitrogens is 1. The van der Waals surface area contributed by atoms with Gasteiger partial charge in [0.05, 0.1) is 0 Å². The number of hydrogen-bond acceptors (Lipinski definition) is 8. The summed E-state index contributed by atoms with van der Waals surface area (Å²) in [7, 11) is 6.03. The van der Waals surface area contributed by atoms with Crippen molar-refractivity contribution < 1.29 is 54.6 Å². The predicted octanol–water partition coefficient (Wildman–Crippen LogP) is 7.44. The number of aldehydes is 1. The number of nitrogens with one attached hydrogen (secondary N) is 1. The first-order valence-corrected chi connectivity index (χ1v) is 19.7. The number of esters is 1. The Morgan fingerprint density at radius 3 is 2.55 bits per heavy atom. The van der Waals surface area contributed by atoms with Gasteiger partial charge in [0.15, 0.2) is 18.2 Å². The smallest absolute Gasteiger partial charge is 0.445 e. The number of ether oxygens (including phenoxy) is 1. The van der Waals surface area contributed by atoms with Crippen LogP contribution in [0, 0.1) is 68.2 Å². The second-order valence-corrected chi connectivity index (χ2v) is 14.9. The molecule has 1 N–H and O–H groups in total. The minimum atomic E-state index is -0.818. The van der Waals surface area contributed by atoms with E-state index >= 15 is 0 Å². The first-order valence-electron chi connectivity index (χ1n) is 19.7. The number of aliphatic imine (C=N–C) groups is 2. The van der Waals surface area contributed by atoms with Gasteiger partial charge in [-0.25, -0.2) is 14.2 Å². The van der Waals surface area contributed by atoms with Gasteiger partial charge in [-0.2, -0.15) is 0 Å². The molecule has 12 heteroatoms. The molecule has 2 aromatic carbocycles. The van der Waals surface area contributed by atoms with Gasteiger partial charge in [-0.05, 0) is 145 Å². The number of nitrogens with zero attached hydrogens (tertiary/aromatic N) is 5. The summed E-state index contributed by atoms with van der Waals surface area (Å²) in [5.74, 6) is 4.14. The average Bonchev–Trinajstić information content (AvgIpc) is 3.63. The molecule has 1 aromatic heterocycles. The van der Waals surface area contributed by atoms with Gasteiger partial charge in [0.2, 0.25) is 6.41 Å². The van der Waals surface area contributed by atoms with Crippen molar-refractivity contribution in [2.75, 3.05) is 53.9 Å². The Morgan fingerprint density at radius 1 is 1.16 bits per heavy atom. The Balaban J connectivity index is 0.000000608. The molecule has 2 atom stereocenters. The number of carbonyl (C=O) groups is 3. The Labute approximate surface area is 369 Å². The van der Waals surface area contributed by atoms with E-state index in [1.54, 1.807) is 6.07 Å². The van der Waals surface area contributed by atoms with Gasteiger partial charge in [0, 0.05) is 43.4 Å². The maximum absolute atomic E-state index is 14.1. The Morgan fingerprint density at radius 2 is 1.90 bits per heavy atom. The second kappa shape index (κ2) is 25.6. The van der Waals surface area contributed by atoms with Crippen LogP contribution in [0.4, 0.5) is 4.39 Å². The number of benzene rings is 2. The Hall–Kier alpha value is -3.87. The Bertz CT molecular complexity index is 1950. The number of rotatable bonds is 13. The zero-order valence-corrected chi connectivity index (χ0v) is 39.8. The van der Waals surface area contributed by atoms with Crippen LogP contribution in [0.1, 0.15) is 88.8 Å². The molecule has 0 radical (unpaired) electrons. The molecule has 1 amide bonds. The van der Waals surface area contributed by atoms with Crippen molar-refractivity contribution in [1.82, 2.24) is 19.7 Å². The quantitative estimate of drug-likeness (QED) is 0.0477. The van der Waals surface area contributed by atoms with E-state index in [0.29, 0.717) is 43.8 Å². The van der Waals surface area contributed by atoms with E-state index < -0.39 is 12.1 Å². The molecule has 0 bridgehead atoms. The molecule has 0 aliphatic carbocycles. The summed E-state index contributed by atoms with van der Waals surface area (Å²) in [6.45, 7) is 12.5. The number of hydrogen-bond donors (Lipinski definition) is 1. The molecule has 0 saturated carbocycles. The predicted molar refractivity (Wildman–Crippen MR) is 229 cm³/mol. The third-order valence-corrected chi connectivity index (χ3v) is 10.8. The molecule has 2 aliphatic heterocycles. The zero-order chi connectivity index (χ0) is 40.6. The molecule has 0 spiro atoms. The molecule has 2 saturated heterocycles. The number of amidine groups is 1. The van der Waals surface area contributed by atoms with Crippen molar-refractivity contribution in [1.29, 1.82) is 0 Å². The summed E-state index contributed by atoms with van der Waals surface area (Å²) in [5, 5.41) is 1.23. The summed E-state index contributed by atoms with van der Waals surface area (Å²) in [6, 6.07) is 14.4. The first kappa shape index (κ1) is 50.3. The molecule has 2 unspecified atom stereocenters. The van der Waals surface area contributed by atoms with E-state index in [-0.39, 0.29) is 50.3 Å². The number of piperidine rings is 2. The maximum Gasteiger partial charge on any atom is 2.00 e. The van der Waals surface area contributed by atoms with Gasteiger partial charge < -0.3 is 26.9 Å². The minimum absolute atomic E-state index is 0. The van der Waals surface area contributed by atoms with Gasteiger partial charge in [0.25, 0.3) is 0 Å². The fourth-order valence-corrected chi connectivity index (χ4v) is 7.20. The SMILES string of the molecule is CCC(C)c1cc(F)ccc1C(=NC)C1CCN(CC/C(C)=C(\C)N=C2C(OC(=O)C#CC=O)CCCN2C=O)CC1.CN(C)CCc1c[nH]c2ccc[c-]c12.[CH3-].[U+2]. The van der Waals surface area contributed by atoms with E-state index in [1.165, 1.54) is 27.4 Å². The van der Waals surface area contributed by atoms with Crippen LogP contribution in [0.2, 0.25) is 0 Å². The summed E-state index contributed by atoms with van der Waals surface area (Å²) in [5.41, 5.74) is 7.60. The van der Waals surface area contributed by atoms with E-state index in [4.69, 9.17) is 9.73 Å². The number of fused-ring (bicyclic) bond motifs is 1. The fourth-order valence-electron chi connectivity index (χ4n) is 7.20. The molecule has 3 heterocycles. The molecule has 5 rings (SSSR count). The van der Waals surface area contributed by atoms with E-state index in [0.717, 1.165) is 86.4 Å². The third-order valence-electron chi connectivity index (χ3n) is 10.8. The van der Waals surface area contributed by atoms with Gasteiger partial charge in [0.1, 0.15) is 5.82 Å². The van der Waals surface area contributed by atoms with Crippen LogP contribution in [0.25, 0.3) is 10.9 Å². The standard InChI is InChI=1S/C33H43FN4O4.C12H15N2.CH3.U/c1-6-23(2)29-21-27(34)11-12-28(29)32(35-5)26-14-18-37(19-15-26)17-13-24(3)25(4)36-33-30(9-7-16-38(33)22-40)42-31(41)10-8-20-39;1-14(2)8-7-10-9-13-12-6-4-3-5-11(10)12;;/h11-12,20-23,26,30H,6-7,9,13-19H2,1-5H3;3-4,6,9,13H,7-8H2,1-2H3;1H3;/q;2*-1;+2/b25-24+,35-32?,36-33?;;;. The molecule has 10 nitrogen and oxygen atoms in total. The number of aromatic amines is 1. The van der Waals surface area contributed by atoms with E-state index in [1.807, 2.05) is 39.1 Å². The van der Waals surface area contributed by atoms with Crippen molar-refractivity contribution >= 4 is 41.1 Å². The first-order chi connectivity index (χ1) is 27.0. The summed E-state index contributed by atoms with van der Waals surface area (Å²) < 4.78 is 19.5. The fraction of sp³-hybridized carbons (Fsp3) is 0.478. The Kier molecular flexibility index (Phi) is 22.2.